The maximum absolute atomic E-state index is 12.2. The molecule has 0 bridgehead atoms. The van der Waals surface area contributed by atoms with E-state index in [1.165, 1.54) is 12.8 Å². The van der Waals surface area contributed by atoms with Crippen molar-refractivity contribution >= 4 is 17.4 Å². The summed E-state index contributed by atoms with van der Waals surface area (Å²) in [5, 5.41) is 0.686. The molecule has 2 aliphatic carbocycles. The van der Waals surface area contributed by atoms with Crippen LogP contribution in [-0.4, -0.2) is 11.9 Å². The highest BCUT2D eigenvalue weighted by atomic mass is 35.5. The van der Waals surface area contributed by atoms with Gasteiger partial charge in [0.25, 0.3) is 0 Å². The van der Waals surface area contributed by atoms with Crippen LogP contribution in [0.1, 0.15) is 50.5 Å². The summed E-state index contributed by atoms with van der Waals surface area (Å²) >= 11 is 6.05. The number of carbonyl (C=O) groups is 1. The summed E-state index contributed by atoms with van der Waals surface area (Å²) < 4.78 is 6.18. The average molecular weight is 293 g/mol. The fourth-order valence-electron chi connectivity index (χ4n) is 3.58. The molecule has 1 atom stereocenters. The molecule has 0 heterocycles. The third kappa shape index (κ3) is 2.35. The van der Waals surface area contributed by atoms with Gasteiger partial charge in [-0.05, 0) is 37.5 Å². The molecule has 2 fully saturated rings. The molecule has 0 aromatic heterocycles. The molecule has 0 N–H and O–H groups in total. The van der Waals surface area contributed by atoms with Gasteiger partial charge in [-0.15, -0.1) is 0 Å². The van der Waals surface area contributed by atoms with Gasteiger partial charge in [0.15, 0.2) is 0 Å². The number of aryl methyl sites for hydroxylation is 1. The molecule has 2 nitrogen and oxygen atoms in total. The number of Topliss-reactive ketones (excluding diaryl/α,β-unsaturated/α-hetero) is 1. The Labute approximate surface area is 125 Å². The highest BCUT2D eigenvalue weighted by Gasteiger charge is 2.55. The van der Waals surface area contributed by atoms with Gasteiger partial charge < -0.3 is 4.74 Å². The van der Waals surface area contributed by atoms with Crippen LogP contribution in [0, 0.1) is 12.3 Å². The van der Waals surface area contributed by atoms with Crippen molar-refractivity contribution in [2.75, 3.05) is 0 Å². The summed E-state index contributed by atoms with van der Waals surface area (Å²) in [7, 11) is 0. The minimum Gasteiger partial charge on any atom is -0.489 e. The van der Waals surface area contributed by atoms with Crippen molar-refractivity contribution in [2.45, 2.75) is 58.0 Å². The Morgan fingerprint density at radius 3 is 2.55 bits per heavy atom. The smallest absolute Gasteiger partial charge is 0.146 e. The summed E-state index contributed by atoms with van der Waals surface area (Å²) in [6.45, 7) is 2.02. The van der Waals surface area contributed by atoms with Gasteiger partial charge >= 0.3 is 0 Å². The summed E-state index contributed by atoms with van der Waals surface area (Å²) in [5.74, 6) is 1.24. The largest absolute Gasteiger partial charge is 0.489 e. The van der Waals surface area contributed by atoms with Gasteiger partial charge in [-0.3, -0.25) is 4.79 Å². The molecular formula is C17H21ClO2. The monoisotopic (exact) mass is 292 g/mol. The second-order valence-electron chi connectivity index (χ2n) is 6.21. The summed E-state index contributed by atoms with van der Waals surface area (Å²) in [4.78, 5) is 12.2. The van der Waals surface area contributed by atoms with E-state index in [9.17, 15) is 4.79 Å². The Kier molecular flexibility index (Phi) is 3.76. The standard InChI is InChI=1S/C17H21ClO2/c1-12-6-7-13(18)10-14(12)20-16-11-15(19)17(16)8-4-2-3-5-9-17/h6-7,10,16H,2-5,8-9,11H2,1H3. The molecule has 0 saturated heterocycles. The molecule has 0 radical (unpaired) electrons. The van der Waals surface area contributed by atoms with Crippen LogP contribution in [0.3, 0.4) is 0 Å². The van der Waals surface area contributed by atoms with Crippen molar-refractivity contribution in [1.82, 2.24) is 0 Å². The first-order valence-electron chi connectivity index (χ1n) is 7.58. The lowest BCUT2D eigenvalue weighted by atomic mass is 9.60. The Morgan fingerprint density at radius 2 is 1.90 bits per heavy atom. The second-order valence-corrected chi connectivity index (χ2v) is 6.65. The van der Waals surface area contributed by atoms with E-state index < -0.39 is 0 Å². The zero-order valence-electron chi connectivity index (χ0n) is 12.0. The molecule has 1 unspecified atom stereocenters. The predicted molar refractivity (Wildman–Crippen MR) is 80.4 cm³/mol. The number of benzene rings is 1. The summed E-state index contributed by atoms with van der Waals surface area (Å²) in [6.07, 6.45) is 7.40. The number of ketones is 1. The maximum Gasteiger partial charge on any atom is 0.146 e. The van der Waals surface area contributed by atoms with E-state index in [4.69, 9.17) is 16.3 Å². The van der Waals surface area contributed by atoms with E-state index >= 15 is 0 Å². The molecule has 2 aliphatic rings. The summed E-state index contributed by atoms with van der Waals surface area (Å²) in [5.41, 5.74) is 0.878. The van der Waals surface area contributed by atoms with Crippen molar-refractivity contribution in [2.24, 2.45) is 5.41 Å². The number of hydrogen-bond donors (Lipinski definition) is 0. The van der Waals surface area contributed by atoms with E-state index in [0.29, 0.717) is 17.2 Å². The fourth-order valence-corrected chi connectivity index (χ4v) is 3.75. The Hall–Kier alpha value is -1.02. The normalized spacial score (nSPS) is 25.1. The number of hydrogen-bond acceptors (Lipinski definition) is 2. The predicted octanol–water partition coefficient (Wildman–Crippen LogP) is 4.71. The molecule has 108 valence electrons. The van der Waals surface area contributed by atoms with Crippen molar-refractivity contribution in [3.63, 3.8) is 0 Å². The molecule has 1 spiro atoms. The van der Waals surface area contributed by atoms with Gasteiger partial charge in [0.1, 0.15) is 17.6 Å². The van der Waals surface area contributed by atoms with Crippen LogP contribution in [0.15, 0.2) is 18.2 Å². The van der Waals surface area contributed by atoms with E-state index in [-0.39, 0.29) is 11.5 Å². The lowest BCUT2D eigenvalue weighted by molar-refractivity contribution is -0.154. The van der Waals surface area contributed by atoms with E-state index in [0.717, 1.165) is 37.0 Å². The van der Waals surface area contributed by atoms with Gasteiger partial charge in [0, 0.05) is 11.4 Å². The first-order valence-corrected chi connectivity index (χ1v) is 7.96. The Bertz CT molecular complexity index is 516. The lowest BCUT2D eigenvalue weighted by Crippen LogP contribution is -2.56. The molecule has 0 amide bonds. The first-order chi connectivity index (χ1) is 9.62. The topological polar surface area (TPSA) is 26.3 Å². The fraction of sp³-hybridized carbons (Fsp3) is 0.588. The van der Waals surface area contributed by atoms with Crippen molar-refractivity contribution < 1.29 is 9.53 Å². The minimum absolute atomic E-state index is 0.0465. The van der Waals surface area contributed by atoms with Gasteiger partial charge in [0.2, 0.25) is 0 Å². The van der Waals surface area contributed by atoms with Crippen LogP contribution < -0.4 is 4.74 Å². The van der Waals surface area contributed by atoms with Crippen LogP contribution in [0.5, 0.6) is 5.75 Å². The SMILES string of the molecule is Cc1ccc(Cl)cc1OC1CC(=O)C12CCCCCC2. The minimum atomic E-state index is -0.203. The van der Waals surface area contributed by atoms with Crippen LogP contribution in [0.2, 0.25) is 5.02 Å². The van der Waals surface area contributed by atoms with Crippen LogP contribution >= 0.6 is 11.6 Å². The van der Waals surface area contributed by atoms with Crippen LogP contribution in [0.25, 0.3) is 0 Å². The average Bonchev–Trinajstić information content (AvgIpc) is 2.70. The van der Waals surface area contributed by atoms with Crippen molar-refractivity contribution in [3.05, 3.63) is 28.8 Å². The quantitative estimate of drug-likeness (QED) is 0.789. The van der Waals surface area contributed by atoms with E-state index in [1.54, 1.807) is 0 Å². The molecule has 0 aliphatic heterocycles. The van der Waals surface area contributed by atoms with Gasteiger partial charge in [-0.1, -0.05) is 43.4 Å². The molecule has 2 saturated carbocycles. The molecule has 1 aromatic carbocycles. The number of halogens is 1. The van der Waals surface area contributed by atoms with Crippen LogP contribution in [-0.2, 0) is 4.79 Å². The second kappa shape index (κ2) is 5.40. The third-order valence-electron chi connectivity index (χ3n) is 4.96. The Balaban J connectivity index is 1.80. The zero-order valence-corrected chi connectivity index (χ0v) is 12.7. The maximum atomic E-state index is 12.2. The molecule has 1 aromatic rings. The highest BCUT2D eigenvalue weighted by molar-refractivity contribution is 6.30. The first kappa shape index (κ1) is 13.9. The Morgan fingerprint density at radius 1 is 1.20 bits per heavy atom. The number of ether oxygens (including phenoxy) is 1. The molecule has 3 heteroatoms. The number of carbonyl (C=O) groups excluding carboxylic acids is 1. The van der Waals surface area contributed by atoms with Crippen LogP contribution in [0.4, 0.5) is 0 Å². The van der Waals surface area contributed by atoms with E-state index in [2.05, 4.69) is 0 Å². The van der Waals surface area contributed by atoms with E-state index in [1.807, 2.05) is 25.1 Å². The van der Waals surface area contributed by atoms with Gasteiger partial charge in [-0.2, -0.15) is 0 Å². The van der Waals surface area contributed by atoms with Crippen molar-refractivity contribution in [3.8, 4) is 5.75 Å². The molecular weight excluding hydrogens is 272 g/mol. The van der Waals surface area contributed by atoms with Crippen molar-refractivity contribution in [1.29, 1.82) is 0 Å². The molecule has 20 heavy (non-hydrogen) atoms. The third-order valence-corrected chi connectivity index (χ3v) is 5.19. The number of rotatable bonds is 2. The lowest BCUT2D eigenvalue weighted by Gasteiger charge is -2.47. The zero-order chi connectivity index (χ0) is 14.2. The molecule has 3 rings (SSSR count). The van der Waals surface area contributed by atoms with Gasteiger partial charge in [-0.25, -0.2) is 0 Å². The highest BCUT2D eigenvalue weighted by Crippen LogP contribution is 2.50. The van der Waals surface area contributed by atoms with Gasteiger partial charge in [0.05, 0.1) is 5.41 Å². The summed E-state index contributed by atoms with van der Waals surface area (Å²) in [6, 6.07) is 5.71.